The van der Waals surface area contributed by atoms with E-state index in [-0.39, 0.29) is 0 Å². The summed E-state index contributed by atoms with van der Waals surface area (Å²) < 4.78 is 2.10. The van der Waals surface area contributed by atoms with Crippen LogP contribution in [0, 0.1) is 5.92 Å². The van der Waals surface area contributed by atoms with E-state index < -0.39 is 5.97 Å². The van der Waals surface area contributed by atoms with E-state index in [0.29, 0.717) is 17.0 Å². The Kier molecular flexibility index (Phi) is 3.54. The number of rotatable bonds is 4. The summed E-state index contributed by atoms with van der Waals surface area (Å²) in [6, 6.07) is 7.07. The van der Waals surface area contributed by atoms with E-state index >= 15 is 0 Å². The molecule has 0 saturated heterocycles. The molecule has 4 nitrogen and oxygen atoms in total. The fourth-order valence-electron chi connectivity index (χ4n) is 3.04. The minimum Gasteiger partial charge on any atom is -0.478 e. The van der Waals surface area contributed by atoms with Crippen molar-refractivity contribution in [3.8, 4) is 11.4 Å². The molecule has 20 heavy (non-hydrogen) atoms. The van der Waals surface area contributed by atoms with Crippen molar-refractivity contribution in [1.29, 1.82) is 0 Å². The maximum Gasteiger partial charge on any atom is 0.336 e. The van der Waals surface area contributed by atoms with Gasteiger partial charge in [0.25, 0.3) is 0 Å². The van der Waals surface area contributed by atoms with Gasteiger partial charge in [-0.05, 0) is 24.8 Å². The molecule has 1 heterocycles. The monoisotopic (exact) mass is 270 g/mol. The molecule has 0 radical (unpaired) electrons. The third-order valence-electron chi connectivity index (χ3n) is 4.04. The molecule has 1 aliphatic rings. The van der Waals surface area contributed by atoms with Crippen molar-refractivity contribution in [2.24, 2.45) is 5.92 Å². The lowest BCUT2D eigenvalue weighted by Crippen LogP contribution is -2.09. The average molecular weight is 270 g/mol. The van der Waals surface area contributed by atoms with Gasteiger partial charge in [0.2, 0.25) is 0 Å². The Balaban J connectivity index is 1.94. The molecule has 1 fully saturated rings. The van der Waals surface area contributed by atoms with E-state index in [0.717, 1.165) is 12.4 Å². The Labute approximate surface area is 118 Å². The van der Waals surface area contributed by atoms with Gasteiger partial charge in [-0.15, -0.1) is 0 Å². The topological polar surface area (TPSA) is 55.1 Å². The van der Waals surface area contributed by atoms with Crippen molar-refractivity contribution in [1.82, 2.24) is 9.55 Å². The van der Waals surface area contributed by atoms with Crippen molar-refractivity contribution < 1.29 is 9.90 Å². The lowest BCUT2D eigenvalue weighted by atomic mass is 10.1. The summed E-state index contributed by atoms with van der Waals surface area (Å²) >= 11 is 0. The molecule has 2 aromatic rings. The summed E-state index contributed by atoms with van der Waals surface area (Å²) in [5.74, 6) is 0.547. The summed E-state index contributed by atoms with van der Waals surface area (Å²) in [6.45, 7) is 0.934. The summed E-state index contributed by atoms with van der Waals surface area (Å²) in [5.41, 5.74) is 1.01. The third kappa shape index (κ3) is 2.46. The molecule has 1 saturated carbocycles. The largest absolute Gasteiger partial charge is 0.478 e. The molecule has 0 atom stereocenters. The zero-order chi connectivity index (χ0) is 13.9. The second-order valence-electron chi connectivity index (χ2n) is 5.40. The Morgan fingerprint density at radius 3 is 2.80 bits per heavy atom. The minimum absolute atomic E-state index is 0.311. The molecule has 4 heteroatoms. The summed E-state index contributed by atoms with van der Waals surface area (Å²) in [7, 11) is 0. The highest BCUT2D eigenvalue weighted by molar-refractivity contribution is 5.95. The number of carbonyl (C=O) groups is 1. The maximum atomic E-state index is 11.3. The van der Waals surface area contributed by atoms with Crippen LogP contribution in [-0.2, 0) is 6.54 Å². The number of aromatic carboxylic acids is 1. The predicted octanol–water partition coefficient (Wildman–Crippen LogP) is 3.44. The van der Waals surface area contributed by atoms with E-state index in [4.69, 9.17) is 0 Å². The summed E-state index contributed by atoms with van der Waals surface area (Å²) in [6.07, 6.45) is 8.84. The molecule has 0 aliphatic heterocycles. The van der Waals surface area contributed by atoms with Crippen LogP contribution in [0.3, 0.4) is 0 Å². The lowest BCUT2D eigenvalue weighted by molar-refractivity contribution is 0.0697. The van der Waals surface area contributed by atoms with Crippen LogP contribution in [0.2, 0.25) is 0 Å². The molecule has 0 spiro atoms. The number of carboxylic acids is 1. The predicted molar refractivity (Wildman–Crippen MR) is 76.6 cm³/mol. The van der Waals surface area contributed by atoms with Gasteiger partial charge in [-0.2, -0.15) is 0 Å². The normalized spacial score (nSPS) is 15.6. The number of carboxylic acid groups (broad SMARTS) is 1. The molecule has 1 aromatic carbocycles. The molecule has 1 aromatic heterocycles. The number of hydrogen-bond donors (Lipinski definition) is 1. The number of aromatic nitrogens is 2. The zero-order valence-corrected chi connectivity index (χ0v) is 11.3. The Hall–Kier alpha value is -2.10. The van der Waals surface area contributed by atoms with Gasteiger partial charge in [0.15, 0.2) is 0 Å². The first-order valence-electron chi connectivity index (χ1n) is 7.09. The number of nitrogens with zero attached hydrogens (tertiary/aromatic N) is 2. The van der Waals surface area contributed by atoms with Crippen molar-refractivity contribution >= 4 is 5.97 Å². The summed E-state index contributed by atoms with van der Waals surface area (Å²) in [5, 5.41) is 9.30. The molecular formula is C16H18N2O2. The Morgan fingerprint density at radius 2 is 2.05 bits per heavy atom. The van der Waals surface area contributed by atoms with Gasteiger partial charge < -0.3 is 9.67 Å². The van der Waals surface area contributed by atoms with Crippen LogP contribution in [-0.4, -0.2) is 20.6 Å². The molecule has 1 aliphatic carbocycles. The van der Waals surface area contributed by atoms with E-state index in [2.05, 4.69) is 9.55 Å². The highest BCUT2D eigenvalue weighted by Gasteiger charge is 2.19. The highest BCUT2D eigenvalue weighted by atomic mass is 16.4. The van der Waals surface area contributed by atoms with Crippen LogP contribution < -0.4 is 0 Å². The van der Waals surface area contributed by atoms with Gasteiger partial charge >= 0.3 is 5.97 Å². The zero-order valence-electron chi connectivity index (χ0n) is 11.3. The number of benzene rings is 1. The van der Waals surface area contributed by atoms with Gasteiger partial charge in [0, 0.05) is 24.5 Å². The van der Waals surface area contributed by atoms with Gasteiger partial charge in [-0.25, -0.2) is 9.78 Å². The first-order valence-corrected chi connectivity index (χ1v) is 7.09. The highest BCUT2D eigenvalue weighted by Crippen LogP contribution is 2.29. The molecule has 1 N–H and O–H groups in total. The SMILES string of the molecule is O=C(O)c1ccccc1-c1nccn1CC1CCCC1. The number of hydrogen-bond acceptors (Lipinski definition) is 2. The van der Waals surface area contributed by atoms with E-state index in [1.807, 2.05) is 18.3 Å². The van der Waals surface area contributed by atoms with Crippen LogP contribution in [0.25, 0.3) is 11.4 Å². The van der Waals surface area contributed by atoms with Crippen molar-refractivity contribution in [2.75, 3.05) is 0 Å². The fourth-order valence-corrected chi connectivity index (χ4v) is 3.04. The van der Waals surface area contributed by atoms with Gasteiger partial charge in [0.05, 0.1) is 5.56 Å². The Morgan fingerprint density at radius 1 is 1.30 bits per heavy atom. The van der Waals surface area contributed by atoms with Crippen molar-refractivity contribution in [3.05, 3.63) is 42.2 Å². The van der Waals surface area contributed by atoms with Crippen molar-refractivity contribution in [2.45, 2.75) is 32.2 Å². The van der Waals surface area contributed by atoms with Crippen molar-refractivity contribution in [3.63, 3.8) is 0 Å². The molecule has 0 amide bonds. The van der Waals surface area contributed by atoms with Crippen LogP contribution >= 0.6 is 0 Å². The second kappa shape index (κ2) is 5.49. The standard InChI is InChI=1S/C16H18N2O2/c19-16(20)14-8-4-3-7-13(14)15-17-9-10-18(15)11-12-5-1-2-6-12/h3-4,7-10,12H,1-2,5-6,11H2,(H,19,20). The smallest absolute Gasteiger partial charge is 0.336 e. The fraction of sp³-hybridized carbons (Fsp3) is 0.375. The third-order valence-corrected chi connectivity index (χ3v) is 4.04. The molecular weight excluding hydrogens is 252 g/mol. The minimum atomic E-state index is -0.906. The Bertz CT molecular complexity index is 612. The van der Waals surface area contributed by atoms with Gasteiger partial charge in [0.1, 0.15) is 5.82 Å². The first-order chi connectivity index (χ1) is 9.75. The number of imidazole rings is 1. The second-order valence-corrected chi connectivity index (χ2v) is 5.40. The van der Waals surface area contributed by atoms with Crippen LogP contribution in [0.4, 0.5) is 0 Å². The van der Waals surface area contributed by atoms with E-state index in [1.165, 1.54) is 25.7 Å². The molecule has 0 bridgehead atoms. The van der Waals surface area contributed by atoms with E-state index in [1.54, 1.807) is 18.3 Å². The lowest BCUT2D eigenvalue weighted by Gasteiger charge is -2.14. The molecule has 3 rings (SSSR count). The summed E-state index contributed by atoms with van der Waals surface area (Å²) in [4.78, 5) is 15.7. The average Bonchev–Trinajstić information content (AvgIpc) is 3.11. The maximum absolute atomic E-state index is 11.3. The molecule has 0 unspecified atom stereocenters. The van der Waals surface area contributed by atoms with Crippen LogP contribution in [0.5, 0.6) is 0 Å². The van der Waals surface area contributed by atoms with E-state index in [9.17, 15) is 9.90 Å². The van der Waals surface area contributed by atoms with Gasteiger partial charge in [-0.1, -0.05) is 31.0 Å². The first kappa shape index (κ1) is 12.9. The van der Waals surface area contributed by atoms with Crippen LogP contribution in [0.15, 0.2) is 36.7 Å². The van der Waals surface area contributed by atoms with Gasteiger partial charge in [-0.3, -0.25) is 0 Å². The van der Waals surface area contributed by atoms with Crippen LogP contribution in [0.1, 0.15) is 36.0 Å². The molecule has 104 valence electrons. The quantitative estimate of drug-likeness (QED) is 0.926.